The van der Waals surface area contributed by atoms with E-state index in [1.807, 2.05) is 55.2 Å². The van der Waals surface area contributed by atoms with Gasteiger partial charge in [-0.1, -0.05) is 41.5 Å². The van der Waals surface area contributed by atoms with Gasteiger partial charge in [0.25, 0.3) is 0 Å². The highest BCUT2D eigenvalue weighted by atomic mass is 32.1. The average molecular weight is 589 g/mol. The normalized spacial score (nSPS) is 13.2. The largest absolute Gasteiger partial charge is 0.262 e. The van der Waals surface area contributed by atoms with Gasteiger partial charge in [0.2, 0.25) is 0 Å². The Morgan fingerprint density at radius 3 is 1.75 bits per heavy atom. The lowest BCUT2D eigenvalue weighted by Gasteiger charge is -1.97. The maximum absolute atomic E-state index is 4.73. The first-order valence-corrected chi connectivity index (χ1v) is 16.3. The fraction of sp³-hybridized carbons (Fsp3) is 0.419. The molecule has 0 saturated heterocycles. The zero-order valence-electron chi connectivity index (χ0n) is 24.2. The zero-order chi connectivity index (χ0) is 28.4. The Labute approximate surface area is 248 Å². The molecule has 0 amide bonds. The quantitative estimate of drug-likeness (QED) is 0.204. The molecule has 1 aliphatic rings. The number of hydrogen-bond donors (Lipinski definition) is 0. The number of fused-ring (bicyclic) bond motifs is 3. The Balaban J connectivity index is 0.000000122. The van der Waals surface area contributed by atoms with Crippen molar-refractivity contribution in [3.8, 4) is 0 Å². The van der Waals surface area contributed by atoms with Crippen LogP contribution in [0.1, 0.15) is 104 Å². The molecule has 1 fully saturated rings. The van der Waals surface area contributed by atoms with Gasteiger partial charge < -0.3 is 0 Å². The standard InChI is InChI=1S/C12H14N2S.C10H12N2S.C9H10N2S/c1-7(2)12-14-11-9(15-12)5-6-13-10(11)8-3-4-8;1-6(2)10-12-9-7(3)11-5-4-8(9)13-10;1-6(2)9-11-7-5-10-4-3-8(7)12-9/h5-8H,3-4H2,1-2H3;4-6H,1-3H3;3-6H,1-2H3. The lowest BCUT2D eigenvalue weighted by molar-refractivity contribution is 0.855. The number of hydrogen-bond acceptors (Lipinski definition) is 9. The van der Waals surface area contributed by atoms with Crippen molar-refractivity contribution in [3.05, 3.63) is 69.4 Å². The predicted molar refractivity (Wildman–Crippen MR) is 171 cm³/mol. The van der Waals surface area contributed by atoms with E-state index in [1.54, 1.807) is 22.7 Å². The third kappa shape index (κ3) is 6.53. The molecule has 0 spiro atoms. The fourth-order valence-electron chi connectivity index (χ4n) is 4.09. The molecule has 40 heavy (non-hydrogen) atoms. The Kier molecular flexibility index (Phi) is 8.83. The van der Waals surface area contributed by atoms with Crippen LogP contribution < -0.4 is 0 Å². The lowest BCUT2D eigenvalue weighted by atomic mass is 10.2. The predicted octanol–water partition coefficient (Wildman–Crippen LogP) is 9.63. The first-order chi connectivity index (χ1) is 19.2. The molecule has 208 valence electrons. The van der Waals surface area contributed by atoms with Gasteiger partial charge in [-0.15, -0.1) is 34.0 Å². The van der Waals surface area contributed by atoms with Crippen LogP contribution in [0.4, 0.5) is 0 Å². The molecule has 0 aromatic carbocycles. The van der Waals surface area contributed by atoms with E-state index in [0.29, 0.717) is 23.7 Å². The van der Waals surface area contributed by atoms with Crippen molar-refractivity contribution in [2.24, 2.45) is 0 Å². The highest BCUT2D eigenvalue weighted by molar-refractivity contribution is 7.19. The van der Waals surface area contributed by atoms with Crippen LogP contribution in [0.2, 0.25) is 0 Å². The zero-order valence-corrected chi connectivity index (χ0v) is 26.6. The number of pyridine rings is 3. The molecule has 1 aliphatic carbocycles. The summed E-state index contributed by atoms with van der Waals surface area (Å²) in [6.45, 7) is 15.0. The van der Waals surface area contributed by atoms with E-state index in [0.717, 1.165) is 22.2 Å². The van der Waals surface area contributed by atoms with E-state index < -0.39 is 0 Å². The van der Waals surface area contributed by atoms with E-state index in [4.69, 9.17) is 4.98 Å². The van der Waals surface area contributed by atoms with E-state index in [2.05, 4.69) is 72.5 Å². The van der Waals surface area contributed by atoms with Crippen molar-refractivity contribution in [1.82, 2.24) is 29.9 Å². The van der Waals surface area contributed by atoms with Crippen molar-refractivity contribution < 1.29 is 0 Å². The first-order valence-electron chi connectivity index (χ1n) is 13.9. The van der Waals surface area contributed by atoms with Gasteiger partial charge in [0, 0.05) is 42.3 Å². The number of aryl methyl sites for hydroxylation is 1. The van der Waals surface area contributed by atoms with Gasteiger partial charge >= 0.3 is 0 Å². The summed E-state index contributed by atoms with van der Waals surface area (Å²) in [5.74, 6) is 2.24. The van der Waals surface area contributed by atoms with Crippen molar-refractivity contribution in [3.63, 3.8) is 0 Å². The van der Waals surface area contributed by atoms with E-state index in [-0.39, 0.29) is 0 Å². The van der Waals surface area contributed by atoms with Gasteiger partial charge in [-0.2, -0.15) is 0 Å². The van der Waals surface area contributed by atoms with Gasteiger partial charge in [0.15, 0.2) is 0 Å². The summed E-state index contributed by atoms with van der Waals surface area (Å²) >= 11 is 5.34. The van der Waals surface area contributed by atoms with Crippen molar-refractivity contribution in [1.29, 1.82) is 0 Å². The molecule has 0 aliphatic heterocycles. The highest BCUT2D eigenvalue weighted by Gasteiger charge is 2.28. The minimum absolute atomic E-state index is 0.511. The third-order valence-corrected chi connectivity index (χ3v) is 10.5. The van der Waals surface area contributed by atoms with E-state index in [1.165, 1.54) is 47.7 Å². The van der Waals surface area contributed by atoms with Crippen LogP contribution in [0.5, 0.6) is 0 Å². The topological polar surface area (TPSA) is 77.3 Å². The van der Waals surface area contributed by atoms with Crippen LogP contribution >= 0.6 is 34.0 Å². The minimum atomic E-state index is 0.511. The molecule has 0 bridgehead atoms. The molecule has 6 aromatic rings. The molecular formula is C31H36N6S3. The van der Waals surface area contributed by atoms with Crippen LogP contribution in [0.25, 0.3) is 30.6 Å². The van der Waals surface area contributed by atoms with Crippen molar-refractivity contribution >= 4 is 64.7 Å². The van der Waals surface area contributed by atoms with Crippen LogP contribution in [0.15, 0.2) is 43.0 Å². The van der Waals surface area contributed by atoms with Gasteiger partial charge in [0.05, 0.1) is 52.2 Å². The number of aromatic nitrogens is 6. The van der Waals surface area contributed by atoms with Crippen molar-refractivity contribution in [2.45, 2.75) is 85.0 Å². The number of thiazole rings is 3. The first kappa shape index (κ1) is 28.6. The summed E-state index contributed by atoms with van der Waals surface area (Å²) in [6, 6.07) is 6.13. The summed E-state index contributed by atoms with van der Waals surface area (Å²) in [7, 11) is 0. The maximum atomic E-state index is 4.73. The van der Waals surface area contributed by atoms with Crippen LogP contribution in [0.3, 0.4) is 0 Å². The van der Waals surface area contributed by atoms with Crippen molar-refractivity contribution in [2.75, 3.05) is 0 Å². The molecule has 6 heterocycles. The summed E-state index contributed by atoms with van der Waals surface area (Å²) in [5, 5.41) is 3.63. The monoisotopic (exact) mass is 588 g/mol. The smallest absolute Gasteiger partial charge is 0.103 e. The average Bonchev–Trinajstić information content (AvgIpc) is 3.33. The Morgan fingerprint density at radius 1 is 0.650 bits per heavy atom. The fourth-order valence-corrected chi connectivity index (χ4v) is 7.01. The van der Waals surface area contributed by atoms with Crippen LogP contribution in [-0.4, -0.2) is 29.9 Å². The summed E-state index contributed by atoms with van der Waals surface area (Å²) in [4.78, 5) is 26.5. The summed E-state index contributed by atoms with van der Waals surface area (Å²) in [6.07, 6.45) is 9.99. The van der Waals surface area contributed by atoms with Gasteiger partial charge in [0.1, 0.15) is 11.0 Å². The molecule has 6 aromatic heterocycles. The summed E-state index contributed by atoms with van der Waals surface area (Å²) < 4.78 is 3.78. The van der Waals surface area contributed by atoms with Gasteiger partial charge in [-0.3, -0.25) is 15.0 Å². The third-order valence-electron chi connectivity index (χ3n) is 6.51. The Hall–Kier alpha value is -2.88. The second-order valence-electron chi connectivity index (χ2n) is 11.0. The molecule has 6 nitrogen and oxygen atoms in total. The Bertz CT molecular complexity index is 1690. The molecule has 0 N–H and O–H groups in total. The van der Waals surface area contributed by atoms with Crippen LogP contribution in [0, 0.1) is 6.92 Å². The SMILES string of the molecule is CC(C)c1nc2c(C3CC3)nccc2s1.CC(C)c1nc2cnccc2s1.Cc1nccc2sc(C(C)C)nc12. The van der Waals surface area contributed by atoms with Gasteiger partial charge in [-0.05, 0) is 38.0 Å². The molecule has 0 radical (unpaired) electrons. The maximum Gasteiger partial charge on any atom is 0.103 e. The number of nitrogens with zero attached hydrogens (tertiary/aromatic N) is 6. The molecule has 0 unspecified atom stereocenters. The number of rotatable bonds is 4. The summed E-state index contributed by atoms with van der Waals surface area (Å²) in [5.41, 5.74) is 5.51. The Morgan fingerprint density at radius 2 is 1.18 bits per heavy atom. The highest BCUT2D eigenvalue weighted by Crippen LogP contribution is 2.42. The molecule has 7 rings (SSSR count). The van der Waals surface area contributed by atoms with Crippen LogP contribution in [-0.2, 0) is 0 Å². The molecule has 1 saturated carbocycles. The second kappa shape index (κ2) is 12.3. The second-order valence-corrected chi connectivity index (χ2v) is 14.2. The minimum Gasteiger partial charge on any atom is -0.262 e. The molecule has 0 atom stereocenters. The lowest BCUT2D eigenvalue weighted by Crippen LogP contribution is -1.88. The molecule has 9 heteroatoms. The van der Waals surface area contributed by atoms with E-state index >= 15 is 0 Å². The van der Waals surface area contributed by atoms with Gasteiger partial charge in [-0.25, -0.2) is 15.0 Å². The van der Waals surface area contributed by atoms with E-state index in [9.17, 15) is 0 Å². The molecular weight excluding hydrogens is 553 g/mol.